The molecule has 1 aliphatic rings. The van der Waals surface area contributed by atoms with Crippen molar-refractivity contribution < 1.29 is 0 Å². The predicted molar refractivity (Wildman–Crippen MR) is 124 cm³/mol. The van der Waals surface area contributed by atoms with Crippen LogP contribution in [0.4, 0.5) is 0 Å². The molecule has 0 fully saturated rings. The Labute approximate surface area is 165 Å². The number of allylic oxidation sites excluding steroid dienone is 4. The molecule has 0 bridgehead atoms. The standard InChI is InChI=1S/C24H39Si2/c1-16-12-21(14-22(13-16)26(9,10)11)25(15-24(6,7)8)23-19(4)17(2)18(3)20(23)5/h12-14,19H,15H2,1-11H3. The zero-order chi connectivity index (χ0) is 20.0. The van der Waals surface area contributed by atoms with Crippen molar-refractivity contribution in [3.05, 3.63) is 45.7 Å². The molecule has 0 nitrogen and oxygen atoms in total. The van der Waals surface area contributed by atoms with Gasteiger partial charge in [0.05, 0.1) is 8.07 Å². The molecule has 2 heteroatoms. The van der Waals surface area contributed by atoms with Gasteiger partial charge in [0.2, 0.25) is 0 Å². The molecule has 0 N–H and O–H groups in total. The molecule has 0 saturated carbocycles. The molecule has 0 spiro atoms. The molecule has 1 radical (unpaired) electrons. The fraction of sp³-hybridized carbons (Fsp3) is 0.583. The van der Waals surface area contributed by atoms with Crippen LogP contribution in [-0.2, 0) is 0 Å². The molecule has 143 valence electrons. The van der Waals surface area contributed by atoms with E-state index in [1.807, 2.05) is 0 Å². The van der Waals surface area contributed by atoms with Crippen LogP contribution in [0.3, 0.4) is 0 Å². The average Bonchev–Trinajstić information content (AvgIpc) is 2.67. The van der Waals surface area contributed by atoms with Crippen molar-refractivity contribution >= 4 is 27.2 Å². The normalized spacial score (nSPS) is 19.2. The summed E-state index contributed by atoms with van der Waals surface area (Å²) in [6, 6.07) is 8.85. The molecule has 1 aromatic carbocycles. The largest absolute Gasteiger partial charge is 0.117 e. The fourth-order valence-corrected chi connectivity index (χ4v) is 9.40. The van der Waals surface area contributed by atoms with Crippen LogP contribution in [0.5, 0.6) is 0 Å². The molecule has 0 amide bonds. The SMILES string of the molecule is CC1=C(C)C(C)C([Si](CC(C)(C)C)c2cc(C)cc([Si](C)(C)C)c2)=C1C. The second-order valence-electron chi connectivity index (χ2n) is 10.6. The molecule has 1 unspecified atom stereocenters. The molecule has 2 rings (SSSR count). The number of benzene rings is 1. The van der Waals surface area contributed by atoms with E-state index in [-0.39, 0.29) is 0 Å². The van der Waals surface area contributed by atoms with E-state index in [1.54, 1.807) is 32.3 Å². The molecule has 1 aliphatic carbocycles. The summed E-state index contributed by atoms with van der Waals surface area (Å²) in [4.78, 5) is 0. The lowest BCUT2D eigenvalue weighted by Gasteiger charge is -2.30. The molecule has 26 heavy (non-hydrogen) atoms. The van der Waals surface area contributed by atoms with E-state index in [0.717, 1.165) is 0 Å². The molecule has 0 aromatic heterocycles. The monoisotopic (exact) mass is 383 g/mol. The van der Waals surface area contributed by atoms with Crippen LogP contribution in [-0.4, -0.2) is 16.9 Å². The van der Waals surface area contributed by atoms with Gasteiger partial charge >= 0.3 is 0 Å². The first kappa shape index (κ1) is 21.4. The van der Waals surface area contributed by atoms with Crippen molar-refractivity contribution in [2.45, 2.75) is 81.1 Å². The summed E-state index contributed by atoms with van der Waals surface area (Å²) in [7, 11) is -2.07. The Morgan fingerprint density at radius 2 is 1.50 bits per heavy atom. The van der Waals surface area contributed by atoms with E-state index in [0.29, 0.717) is 11.3 Å². The minimum Gasteiger partial charge on any atom is -0.0672 e. The first-order valence-corrected chi connectivity index (χ1v) is 15.3. The van der Waals surface area contributed by atoms with Crippen LogP contribution in [0.15, 0.2) is 40.1 Å². The summed E-state index contributed by atoms with van der Waals surface area (Å²) in [5, 5.41) is 5.03. The van der Waals surface area contributed by atoms with Crippen LogP contribution < -0.4 is 10.4 Å². The van der Waals surface area contributed by atoms with Gasteiger partial charge in [-0.1, -0.05) is 97.8 Å². The zero-order valence-electron chi connectivity index (χ0n) is 19.0. The first-order chi connectivity index (χ1) is 11.7. The predicted octanol–water partition coefficient (Wildman–Crippen LogP) is 6.13. The van der Waals surface area contributed by atoms with E-state index >= 15 is 0 Å². The highest BCUT2D eigenvalue weighted by Crippen LogP contribution is 2.40. The Hall–Kier alpha value is -0.866. The summed E-state index contributed by atoms with van der Waals surface area (Å²) in [5.41, 5.74) is 6.52. The van der Waals surface area contributed by atoms with E-state index in [2.05, 4.69) is 93.2 Å². The topological polar surface area (TPSA) is 0 Å². The second kappa shape index (κ2) is 7.28. The minimum absolute atomic E-state index is 0.356. The Bertz CT molecular complexity index is 751. The number of hydrogen-bond acceptors (Lipinski definition) is 0. The third-order valence-electron chi connectivity index (χ3n) is 5.96. The average molecular weight is 384 g/mol. The van der Waals surface area contributed by atoms with Gasteiger partial charge < -0.3 is 0 Å². The maximum atomic E-state index is 2.59. The van der Waals surface area contributed by atoms with Crippen LogP contribution in [0.2, 0.25) is 25.7 Å². The van der Waals surface area contributed by atoms with Gasteiger partial charge in [-0.05, 0) is 50.6 Å². The quantitative estimate of drug-likeness (QED) is 0.549. The van der Waals surface area contributed by atoms with Crippen LogP contribution >= 0.6 is 0 Å². The van der Waals surface area contributed by atoms with Crippen molar-refractivity contribution in [3.63, 3.8) is 0 Å². The molecule has 1 aromatic rings. The van der Waals surface area contributed by atoms with Gasteiger partial charge in [-0.2, -0.15) is 0 Å². The lowest BCUT2D eigenvalue weighted by atomic mass is 10.0. The Balaban J connectivity index is 2.64. The van der Waals surface area contributed by atoms with Crippen molar-refractivity contribution in [1.82, 2.24) is 0 Å². The van der Waals surface area contributed by atoms with E-state index in [9.17, 15) is 0 Å². The van der Waals surface area contributed by atoms with Gasteiger partial charge in [-0.15, -0.1) is 0 Å². The van der Waals surface area contributed by atoms with Crippen LogP contribution in [0.1, 0.15) is 54.0 Å². The van der Waals surface area contributed by atoms with Gasteiger partial charge in [0.15, 0.2) is 0 Å². The van der Waals surface area contributed by atoms with Gasteiger partial charge in [-0.25, -0.2) is 0 Å². The van der Waals surface area contributed by atoms with E-state index in [1.165, 1.54) is 11.6 Å². The Morgan fingerprint density at radius 1 is 0.923 bits per heavy atom. The van der Waals surface area contributed by atoms with Gasteiger partial charge in [-0.3, -0.25) is 0 Å². The molecule has 1 atom stereocenters. The zero-order valence-corrected chi connectivity index (χ0v) is 21.0. The van der Waals surface area contributed by atoms with Crippen LogP contribution in [0.25, 0.3) is 0 Å². The molecule has 0 saturated heterocycles. The number of aryl methyl sites for hydroxylation is 1. The second-order valence-corrected chi connectivity index (χ2v) is 18.1. The van der Waals surface area contributed by atoms with E-state index in [4.69, 9.17) is 0 Å². The maximum Gasteiger partial charge on any atom is 0.117 e. The first-order valence-electron chi connectivity index (χ1n) is 10.1. The smallest absolute Gasteiger partial charge is 0.0672 e. The summed E-state index contributed by atoms with van der Waals surface area (Å²) in [5.74, 6) is 0.613. The molecular weight excluding hydrogens is 344 g/mol. The lowest BCUT2D eigenvalue weighted by molar-refractivity contribution is 0.465. The summed E-state index contributed by atoms with van der Waals surface area (Å²) in [6.07, 6.45) is 0. The van der Waals surface area contributed by atoms with Crippen LogP contribution in [0, 0.1) is 18.3 Å². The Kier molecular flexibility index (Phi) is 6.00. The summed E-state index contributed by atoms with van der Waals surface area (Å²) in [6.45, 7) is 26.4. The lowest BCUT2D eigenvalue weighted by Crippen LogP contribution is -2.44. The highest BCUT2D eigenvalue weighted by Gasteiger charge is 2.34. The summed E-state index contributed by atoms with van der Waals surface area (Å²) < 4.78 is 0. The van der Waals surface area contributed by atoms with Crippen molar-refractivity contribution in [3.8, 4) is 0 Å². The fourth-order valence-electron chi connectivity index (χ4n) is 4.12. The summed E-state index contributed by atoms with van der Waals surface area (Å²) >= 11 is 0. The third kappa shape index (κ3) is 4.51. The number of hydrogen-bond donors (Lipinski definition) is 0. The Morgan fingerprint density at radius 3 is 1.92 bits per heavy atom. The molecule has 0 heterocycles. The van der Waals surface area contributed by atoms with Crippen molar-refractivity contribution in [2.75, 3.05) is 0 Å². The number of rotatable bonds is 4. The molecular formula is C24H39Si2. The maximum absolute atomic E-state index is 2.59. The van der Waals surface area contributed by atoms with Crippen molar-refractivity contribution in [1.29, 1.82) is 0 Å². The highest BCUT2D eigenvalue weighted by molar-refractivity contribution is 6.89. The molecule has 0 aliphatic heterocycles. The van der Waals surface area contributed by atoms with Gasteiger partial charge in [0, 0.05) is 0 Å². The van der Waals surface area contributed by atoms with Gasteiger partial charge in [0.1, 0.15) is 8.80 Å². The third-order valence-corrected chi connectivity index (χ3v) is 11.8. The highest BCUT2D eigenvalue weighted by atomic mass is 28.3. The van der Waals surface area contributed by atoms with E-state index < -0.39 is 16.9 Å². The van der Waals surface area contributed by atoms with Crippen molar-refractivity contribution in [2.24, 2.45) is 11.3 Å². The minimum atomic E-state index is -1.31. The van der Waals surface area contributed by atoms with Gasteiger partial charge in [0.25, 0.3) is 0 Å².